The predicted octanol–water partition coefficient (Wildman–Crippen LogP) is -0.247. The van der Waals surface area contributed by atoms with Crippen molar-refractivity contribution in [2.75, 3.05) is 13.2 Å². The molecule has 0 atom stereocenters. The molecule has 1 amide bonds. The summed E-state index contributed by atoms with van der Waals surface area (Å²) >= 11 is 0. The Labute approximate surface area is 68.6 Å². The van der Waals surface area contributed by atoms with Crippen molar-refractivity contribution in [2.24, 2.45) is 0 Å². The normalized spacial score (nSPS) is 11.2. The van der Waals surface area contributed by atoms with Gasteiger partial charge in [0.1, 0.15) is 0 Å². The lowest BCUT2D eigenvalue weighted by Gasteiger charge is -2.04. The maximum Gasteiger partial charge on any atom is 0.469 e. The van der Waals surface area contributed by atoms with Crippen molar-refractivity contribution in [1.29, 1.82) is 0 Å². The highest BCUT2D eigenvalue weighted by Crippen LogP contribution is 2.35. The molecule has 0 aromatic rings. The number of rotatable bonds is 5. The van der Waals surface area contributed by atoms with E-state index in [0.717, 1.165) is 0 Å². The molecule has 0 heterocycles. The van der Waals surface area contributed by atoms with E-state index in [4.69, 9.17) is 14.9 Å². The lowest BCUT2D eigenvalue weighted by molar-refractivity contribution is 0.186. The second kappa shape index (κ2) is 5.10. The summed E-state index contributed by atoms with van der Waals surface area (Å²) in [4.78, 5) is 26.2. The lowest BCUT2D eigenvalue weighted by atomic mass is 10.5. The van der Waals surface area contributed by atoms with E-state index in [-0.39, 0.29) is 19.6 Å². The van der Waals surface area contributed by atoms with Crippen LogP contribution in [0.25, 0.3) is 0 Å². The third kappa shape index (κ3) is 9.38. The highest BCUT2D eigenvalue weighted by atomic mass is 31.2. The Hall–Kier alpha value is -0.620. The SMILES string of the molecule is O=C(O)NCCCOP(=O)(O)O. The molecular weight excluding hydrogens is 189 g/mol. The van der Waals surface area contributed by atoms with Crippen LogP contribution in [-0.4, -0.2) is 34.1 Å². The van der Waals surface area contributed by atoms with Gasteiger partial charge in [-0.05, 0) is 6.42 Å². The van der Waals surface area contributed by atoms with E-state index in [1.54, 1.807) is 0 Å². The minimum absolute atomic E-state index is 0.106. The topological polar surface area (TPSA) is 116 Å². The van der Waals surface area contributed by atoms with E-state index < -0.39 is 13.9 Å². The van der Waals surface area contributed by atoms with Gasteiger partial charge in [0, 0.05) is 6.54 Å². The van der Waals surface area contributed by atoms with Gasteiger partial charge in [0.25, 0.3) is 0 Å². The van der Waals surface area contributed by atoms with Crippen LogP contribution in [0.4, 0.5) is 4.79 Å². The van der Waals surface area contributed by atoms with E-state index in [9.17, 15) is 9.36 Å². The summed E-state index contributed by atoms with van der Waals surface area (Å²) in [5, 5.41) is 10.1. The molecule has 12 heavy (non-hydrogen) atoms. The molecule has 0 aliphatic carbocycles. The molecule has 0 unspecified atom stereocenters. The van der Waals surface area contributed by atoms with Gasteiger partial charge >= 0.3 is 13.9 Å². The Morgan fingerprint density at radius 2 is 2.08 bits per heavy atom. The first-order valence-corrected chi connectivity index (χ1v) is 4.62. The van der Waals surface area contributed by atoms with Crippen LogP contribution in [0.2, 0.25) is 0 Å². The molecule has 8 heteroatoms. The number of phosphoric ester groups is 1. The summed E-state index contributed by atoms with van der Waals surface area (Å²) < 4.78 is 14.1. The number of hydrogen-bond acceptors (Lipinski definition) is 3. The van der Waals surface area contributed by atoms with Crippen LogP contribution in [0, 0.1) is 0 Å². The summed E-state index contributed by atoms with van der Waals surface area (Å²) in [7, 11) is -4.40. The number of hydrogen-bond donors (Lipinski definition) is 4. The standard InChI is InChI=1S/C4H10NO6P/c6-4(7)5-2-1-3-11-12(8,9)10/h5H,1-3H2,(H,6,7)(H2,8,9,10). The van der Waals surface area contributed by atoms with Gasteiger partial charge in [0.2, 0.25) is 0 Å². The van der Waals surface area contributed by atoms with Crippen molar-refractivity contribution in [1.82, 2.24) is 5.32 Å². The maximum atomic E-state index is 10.1. The number of phosphoric acid groups is 1. The molecule has 0 aliphatic rings. The lowest BCUT2D eigenvalue weighted by Crippen LogP contribution is -2.22. The summed E-state index contributed by atoms with van der Waals surface area (Å²) in [6, 6.07) is 0. The molecule has 4 N–H and O–H groups in total. The maximum absolute atomic E-state index is 10.1. The Morgan fingerprint density at radius 1 is 1.50 bits per heavy atom. The van der Waals surface area contributed by atoms with E-state index in [1.807, 2.05) is 5.32 Å². The fourth-order valence-corrected chi connectivity index (χ4v) is 0.818. The van der Waals surface area contributed by atoms with Crippen molar-refractivity contribution in [2.45, 2.75) is 6.42 Å². The van der Waals surface area contributed by atoms with Gasteiger partial charge in [-0.25, -0.2) is 9.36 Å². The van der Waals surface area contributed by atoms with E-state index in [1.165, 1.54) is 0 Å². The van der Waals surface area contributed by atoms with Crippen molar-refractivity contribution in [3.8, 4) is 0 Å². The molecule has 0 aromatic heterocycles. The first kappa shape index (κ1) is 11.4. The highest BCUT2D eigenvalue weighted by molar-refractivity contribution is 7.46. The zero-order valence-corrected chi connectivity index (χ0v) is 7.03. The molecule has 0 bridgehead atoms. The molecule has 0 rings (SSSR count). The van der Waals surface area contributed by atoms with Gasteiger partial charge in [0.05, 0.1) is 6.61 Å². The fraction of sp³-hybridized carbons (Fsp3) is 0.750. The summed E-state index contributed by atoms with van der Waals surface area (Å²) in [5.74, 6) is 0. The third-order valence-electron chi connectivity index (χ3n) is 0.857. The Kier molecular flexibility index (Phi) is 4.84. The second-order valence-electron chi connectivity index (χ2n) is 1.91. The highest BCUT2D eigenvalue weighted by Gasteiger charge is 2.12. The van der Waals surface area contributed by atoms with Gasteiger partial charge in [-0.15, -0.1) is 0 Å². The van der Waals surface area contributed by atoms with E-state index in [0.29, 0.717) is 0 Å². The predicted molar refractivity (Wildman–Crippen MR) is 38.6 cm³/mol. The first-order chi connectivity index (χ1) is 5.42. The van der Waals surface area contributed by atoms with Crippen molar-refractivity contribution in [3.63, 3.8) is 0 Å². The zero-order chi connectivity index (χ0) is 9.61. The van der Waals surface area contributed by atoms with Crippen molar-refractivity contribution >= 4 is 13.9 Å². The van der Waals surface area contributed by atoms with Crippen LogP contribution in [0.3, 0.4) is 0 Å². The molecule has 0 radical (unpaired) electrons. The van der Waals surface area contributed by atoms with Gasteiger partial charge in [-0.2, -0.15) is 0 Å². The van der Waals surface area contributed by atoms with Gasteiger partial charge in [-0.3, -0.25) is 4.52 Å². The average molecular weight is 199 g/mol. The largest absolute Gasteiger partial charge is 0.469 e. The van der Waals surface area contributed by atoms with Crippen LogP contribution < -0.4 is 5.32 Å². The second-order valence-corrected chi connectivity index (χ2v) is 3.15. The Bertz CT molecular complexity index is 188. The summed E-state index contributed by atoms with van der Waals surface area (Å²) in [6.45, 7) is -0.0696. The molecule has 7 nitrogen and oxygen atoms in total. The smallest absolute Gasteiger partial charge is 0.465 e. The number of nitrogens with one attached hydrogen (secondary N) is 1. The quantitative estimate of drug-likeness (QED) is 0.358. The minimum atomic E-state index is -4.40. The average Bonchev–Trinajstić information content (AvgIpc) is 1.83. The number of amides is 1. The molecule has 0 aliphatic heterocycles. The molecule has 72 valence electrons. The molecule has 0 spiro atoms. The summed E-state index contributed by atoms with van der Waals surface area (Å²) in [5.41, 5.74) is 0. The molecule has 0 aromatic carbocycles. The molecule has 0 saturated carbocycles. The van der Waals surface area contributed by atoms with Crippen molar-refractivity contribution < 1.29 is 28.8 Å². The molecular formula is C4H10NO6P. The van der Waals surface area contributed by atoms with Gasteiger partial charge in [-0.1, -0.05) is 0 Å². The van der Waals surface area contributed by atoms with Gasteiger partial charge < -0.3 is 20.2 Å². The molecule has 0 saturated heterocycles. The van der Waals surface area contributed by atoms with E-state index in [2.05, 4.69) is 4.52 Å². The third-order valence-corrected chi connectivity index (χ3v) is 1.38. The fourth-order valence-electron chi connectivity index (χ4n) is 0.451. The van der Waals surface area contributed by atoms with Crippen molar-refractivity contribution in [3.05, 3.63) is 0 Å². The van der Waals surface area contributed by atoms with E-state index >= 15 is 0 Å². The Balaban J connectivity index is 3.23. The van der Waals surface area contributed by atoms with Crippen LogP contribution in [0.5, 0.6) is 0 Å². The van der Waals surface area contributed by atoms with Crippen LogP contribution in [0.15, 0.2) is 0 Å². The van der Waals surface area contributed by atoms with Crippen LogP contribution in [-0.2, 0) is 9.09 Å². The minimum Gasteiger partial charge on any atom is -0.465 e. The first-order valence-electron chi connectivity index (χ1n) is 3.09. The zero-order valence-electron chi connectivity index (χ0n) is 6.13. The summed E-state index contributed by atoms with van der Waals surface area (Å²) in [6.07, 6.45) is -0.955. The number of carboxylic acid groups (broad SMARTS) is 1. The molecule has 0 fully saturated rings. The monoisotopic (exact) mass is 199 g/mol. The Morgan fingerprint density at radius 3 is 2.50 bits per heavy atom. The number of carbonyl (C=O) groups is 1. The van der Waals surface area contributed by atoms with Gasteiger partial charge in [0.15, 0.2) is 0 Å². The van der Waals surface area contributed by atoms with Crippen LogP contribution in [0.1, 0.15) is 6.42 Å². The van der Waals surface area contributed by atoms with Crippen LogP contribution >= 0.6 is 7.82 Å².